The van der Waals surface area contributed by atoms with E-state index in [1.165, 1.54) is 48.9 Å². The molecular weight excluding hydrogens is 242 g/mol. The molecule has 0 fully saturated rings. The second kappa shape index (κ2) is 4.44. The van der Waals surface area contributed by atoms with Crippen LogP contribution in [0.15, 0.2) is 30.3 Å². The number of pyridine rings is 1. The van der Waals surface area contributed by atoms with Crippen molar-refractivity contribution in [2.24, 2.45) is 7.05 Å². The molecule has 2 aliphatic carbocycles. The average Bonchev–Trinajstić information content (AvgIpc) is 2.89. The van der Waals surface area contributed by atoms with Crippen molar-refractivity contribution in [2.75, 3.05) is 0 Å². The van der Waals surface area contributed by atoms with Crippen LogP contribution in [0.25, 0.3) is 11.3 Å². The van der Waals surface area contributed by atoms with E-state index >= 15 is 0 Å². The monoisotopic (exact) mass is 264 g/mol. The van der Waals surface area contributed by atoms with Crippen LogP contribution in [0.4, 0.5) is 0 Å². The average molecular weight is 264 g/mol. The van der Waals surface area contributed by atoms with Gasteiger partial charge in [0.1, 0.15) is 7.05 Å². The Hall–Kier alpha value is -1.63. The number of rotatable bonds is 1. The minimum atomic E-state index is 0.853. The van der Waals surface area contributed by atoms with Crippen molar-refractivity contribution in [3.63, 3.8) is 0 Å². The van der Waals surface area contributed by atoms with Gasteiger partial charge in [-0.2, -0.15) is 4.57 Å². The van der Waals surface area contributed by atoms with Gasteiger partial charge in [0, 0.05) is 23.6 Å². The third-order valence-corrected chi connectivity index (χ3v) is 5.29. The molecular formula is C19H22N+. The quantitative estimate of drug-likeness (QED) is 0.689. The van der Waals surface area contributed by atoms with Gasteiger partial charge in [-0.15, -0.1) is 0 Å². The molecule has 20 heavy (non-hydrogen) atoms. The first-order valence-corrected chi connectivity index (χ1v) is 7.86. The van der Waals surface area contributed by atoms with Crippen LogP contribution in [0.1, 0.15) is 47.6 Å². The highest BCUT2D eigenvalue weighted by atomic mass is 15.0. The first-order chi connectivity index (χ1) is 9.75. The Balaban J connectivity index is 1.97. The molecule has 1 heteroatoms. The predicted octanol–water partition coefficient (Wildman–Crippen LogP) is 3.85. The van der Waals surface area contributed by atoms with Gasteiger partial charge in [-0.3, -0.25) is 0 Å². The molecule has 2 aromatic rings. The summed E-state index contributed by atoms with van der Waals surface area (Å²) in [5, 5.41) is 0. The number of benzene rings is 1. The van der Waals surface area contributed by atoms with E-state index in [4.69, 9.17) is 0 Å². The second-order valence-electron chi connectivity index (χ2n) is 6.42. The summed E-state index contributed by atoms with van der Waals surface area (Å²) >= 11 is 0. The summed E-state index contributed by atoms with van der Waals surface area (Å²) in [6.07, 6.45) is 6.69. The second-order valence-corrected chi connectivity index (χ2v) is 6.42. The Labute approximate surface area is 121 Å². The third kappa shape index (κ3) is 1.65. The molecule has 0 saturated heterocycles. The van der Waals surface area contributed by atoms with Crippen molar-refractivity contribution >= 4 is 0 Å². The highest BCUT2D eigenvalue weighted by Gasteiger charge is 2.35. The standard InChI is InChI=1S/C19H22N/c1-13-6-3-4-9-16(13)18-12-15-8-5-7-14-10-11-17(19(14)15)20(18)2/h3-4,6,9,12,14H,5,7-8,10-11H2,1-2H3/q+1. The smallest absolute Gasteiger partial charge is 0.198 e. The lowest BCUT2D eigenvalue weighted by molar-refractivity contribution is -0.668. The molecule has 1 unspecified atom stereocenters. The van der Waals surface area contributed by atoms with E-state index in [1.54, 1.807) is 16.8 Å². The number of hydrogen-bond acceptors (Lipinski definition) is 0. The van der Waals surface area contributed by atoms with Crippen LogP contribution in [0.5, 0.6) is 0 Å². The summed E-state index contributed by atoms with van der Waals surface area (Å²) in [5.41, 5.74) is 9.11. The van der Waals surface area contributed by atoms with Crippen molar-refractivity contribution in [2.45, 2.75) is 44.9 Å². The first kappa shape index (κ1) is 12.1. The van der Waals surface area contributed by atoms with E-state index in [0.717, 1.165) is 5.92 Å². The van der Waals surface area contributed by atoms with Crippen LogP contribution in [-0.2, 0) is 19.9 Å². The maximum absolute atomic E-state index is 2.47. The summed E-state index contributed by atoms with van der Waals surface area (Å²) in [4.78, 5) is 0. The molecule has 1 heterocycles. The van der Waals surface area contributed by atoms with E-state index in [9.17, 15) is 0 Å². The van der Waals surface area contributed by atoms with Gasteiger partial charge in [0.05, 0.1) is 0 Å². The van der Waals surface area contributed by atoms with Gasteiger partial charge < -0.3 is 0 Å². The van der Waals surface area contributed by atoms with Gasteiger partial charge in [0.2, 0.25) is 5.69 Å². The van der Waals surface area contributed by atoms with Crippen LogP contribution < -0.4 is 4.57 Å². The van der Waals surface area contributed by atoms with Crippen LogP contribution in [0.3, 0.4) is 0 Å². The van der Waals surface area contributed by atoms with Crippen molar-refractivity contribution in [1.82, 2.24) is 0 Å². The normalized spacial score (nSPS) is 20.0. The highest BCUT2D eigenvalue weighted by molar-refractivity contribution is 5.62. The van der Waals surface area contributed by atoms with Crippen LogP contribution in [-0.4, -0.2) is 0 Å². The van der Waals surface area contributed by atoms with Gasteiger partial charge in [-0.05, 0) is 55.7 Å². The van der Waals surface area contributed by atoms with Crippen LogP contribution in [0.2, 0.25) is 0 Å². The third-order valence-electron chi connectivity index (χ3n) is 5.29. The van der Waals surface area contributed by atoms with Gasteiger partial charge in [0.15, 0.2) is 5.69 Å². The number of hydrogen-bond donors (Lipinski definition) is 0. The van der Waals surface area contributed by atoms with Crippen molar-refractivity contribution < 1.29 is 4.57 Å². The summed E-state index contributed by atoms with van der Waals surface area (Å²) in [6.45, 7) is 2.22. The predicted molar refractivity (Wildman–Crippen MR) is 81.8 cm³/mol. The fourth-order valence-electron chi connectivity index (χ4n) is 4.26. The molecule has 1 aromatic heterocycles. The molecule has 1 atom stereocenters. The SMILES string of the molecule is Cc1ccccc1-c1cc2c3c([n+]1C)CCC3CCC2. The Morgan fingerprint density at radius 3 is 2.80 bits per heavy atom. The lowest BCUT2D eigenvalue weighted by atomic mass is 9.84. The summed E-state index contributed by atoms with van der Waals surface area (Å²) in [5.74, 6) is 0.853. The van der Waals surface area contributed by atoms with Crippen molar-refractivity contribution in [3.8, 4) is 11.3 Å². The Kier molecular flexibility index (Phi) is 2.70. The Morgan fingerprint density at radius 1 is 1.10 bits per heavy atom. The lowest BCUT2D eigenvalue weighted by Gasteiger charge is -2.21. The summed E-state index contributed by atoms with van der Waals surface area (Å²) in [6, 6.07) is 11.2. The zero-order valence-electron chi connectivity index (χ0n) is 12.4. The molecule has 0 radical (unpaired) electrons. The molecule has 1 nitrogen and oxygen atoms in total. The van der Waals surface area contributed by atoms with E-state index < -0.39 is 0 Å². The first-order valence-electron chi connectivity index (χ1n) is 7.86. The molecule has 0 saturated carbocycles. The minimum Gasteiger partial charge on any atom is -0.198 e. The lowest BCUT2D eigenvalue weighted by Crippen LogP contribution is -2.37. The molecule has 0 aliphatic heterocycles. The topological polar surface area (TPSA) is 3.88 Å². The highest BCUT2D eigenvalue weighted by Crippen LogP contribution is 2.42. The zero-order valence-corrected chi connectivity index (χ0v) is 12.4. The fraction of sp³-hybridized carbons (Fsp3) is 0.421. The summed E-state index contributed by atoms with van der Waals surface area (Å²) < 4.78 is 2.46. The van der Waals surface area contributed by atoms with Gasteiger partial charge >= 0.3 is 0 Å². The van der Waals surface area contributed by atoms with Crippen molar-refractivity contribution in [3.05, 3.63) is 52.7 Å². The number of nitrogens with zero attached hydrogens (tertiary/aromatic N) is 1. The van der Waals surface area contributed by atoms with Gasteiger partial charge in [-0.1, -0.05) is 18.2 Å². The minimum absolute atomic E-state index is 0.853. The largest absolute Gasteiger partial charge is 0.213 e. The molecule has 0 amide bonds. The van der Waals surface area contributed by atoms with Crippen LogP contribution >= 0.6 is 0 Å². The summed E-state index contributed by atoms with van der Waals surface area (Å²) in [7, 11) is 2.26. The maximum Gasteiger partial charge on any atom is 0.213 e. The molecule has 102 valence electrons. The van der Waals surface area contributed by atoms with Gasteiger partial charge in [-0.25, -0.2) is 0 Å². The Morgan fingerprint density at radius 2 is 1.95 bits per heavy atom. The fourth-order valence-corrected chi connectivity index (χ4v) is 4.26. The molecule has 2 aliphatic rings. The number of aryl methyl sites for hydroxylation is 2. The van der Waals surface area contributed by atoms with Gasteiger partial charge in [0.25, 0.3) is 0 Å². The van der Waals surface area contributed by atoms with E-state index in [-0.39, 0.29) is 0 Å². The molecule has 1 aromatic carbocycles. The van der Waals surface area contributed by atoms with Crippen LogP contribution in [0, 0.1) is 6.92 Å². The van der Waals surface area contributed by atoms with Crippen molar-refractivity contribution in [1.29, 1.82) is 0 Å². The molecule has 4 rings (SSSR count). The zero-order chi connectivity index (χ0) is 13.7. The van der Waals surface area contributed by atoms with E-state index in [0.29, 0.717) is 0 Å². The van der Waals surface area contributed by atoms with E-state index in [1.807, 2.05) is 0 Å². The maximum atomic E-state index is 2.47. The van der Waals surface area contributed by atoms with E-state index in [2.05, 4.69) is 48.9 Å². The Bertz CT molecular complexity index is 684. The molecule has 0 bridgehead atoms. The molecule has 0 spiro atoms. The number of aromatic nitrogens is 1. The molecule has 0 N–H and O–H groups in total.